The average Bonchev–Trinajstić information content (AvgIpc) is 2.72. The molecule has 0 aliphatic rings. The van der Waals surface area contributed by atoms with Crippen LogP contribution < -0.4 is 11.0 Å². The van der Waals surface area contributed by atoms with E-state index in [4.69, 9.17) is 0 Å². The van der Waals surface area contributed by atoms with E-state index in [0.29, 0.717) is 11.6 Å². The van der Waals surface area contributed by atoms with Gasteiger partial charge in [-0.25, -0.2) is 10.4 Å². The van der Waals surface area contributed by atoms with Gasteiger partial charge in [-0.3, -0.25) is 9.78 Å². The van der Waals surface area contributed by atoms with E-state index >= 15 is 0 Å². The SMILES string of the molecule is Cc1cc(=O)[nH]c(NN=Cc2c(C)n(C)c3ccccc23)n1. The molecule has 22 heavy (non-hydrogen) atoms. The molecule has 0 amide bonds. The molecule has 3 aromatic rings. The van der Waals surface area contributed by atoms with Crippen LogP contribution in [-0.4, -0.2) is 20.7 Å². The van der Waals surface area contributed by atoms with Crippen molar-refractivity contribution in [2.75, 3.05) is 5.43 Å². The third kappa shape index (κ3) is 2.50. The summed E-state index contributed by atoms with van der Waals surface area (Å²) in [6.07, 6.45) is 1.75. The van der Waals surface area contributed by atoms with Crippen molar-refractivity contribution in [3.8, 4) is 0 Å². The van der Waals surface area contributed by atoms with Crippen molar-refractivity contribution in [2.45, 2.75) is 13.8 Å². The molecule has 112 valence electrons. The van der Waals surface area contributed by atoms with Crippen LogP contribution in [0.15, 0.2) is 40.2 Å². The average molecular weight is 295 g/mol. The van der Waals surface area contributed by atoms with Gasteiger partial charge in [0.25, 0.3) is 5.56 Å². The molecule has 0 unspecified atom stereocenters. The lowest BCUT2D eigenvalue weighted by molar-refractivity contribution is 0.916. The number of anilines is 1. The molecule has 2 N–H and O–H groups in total. The maximum Gasteiger partial charge on any atom is 0.252 e. The highest BCUT2D eigenvalue weighted by molar-refractivity contribution is 6.01. The largest absolute Gasteiger partial charge is 0.347 e. The number of aryl methyl sites for hydroxylation is 2. The maximum atomic E-state index is 11.4. The van der Waals surface area contributed by atoms with E-state index in [1.54, 1.807) is 13.1 Å². The second-order valence-corrected chi connectivity index (χ2v) is 5.18. The molecule has 6 heteroatoms. The Morgan fingerprint density at radius 2 is 2.09 bits per heavy atom. The Morgan fingerprint density at radius 1 is 1.32 bits per heavy atom. The van der Waals surface area contributed by atoms with Crippen molar-refractivity contribution in [1.29, 1.82) is 0 Å². The summed E-state index contributed by atoms with van der Waals surface area (Å²) in [5.74, 6) is 0.333. The first-order valence-electron chi connectivity index (χ1n) is 6.97. The highest BCUT2D eigenvalue weighted by atomic mass is 16.1. The zero-order valence-corrected chi connectivity index (χ0v) is 12.7. The predicted octanol–water partition coefficient (Wildman–Crippen LogP) is 2.32. The number of H-pyrrole nitrogens is 1. The Kier molecular flexibility index (Phi) is 3.50. The highest BCUT2D eigenvalue weighted by Gasteiger charge is 2.09. The molecular weight excluding hydrogens is 278 g/mol. The Hall–Kier alpha value is -2.89. The molecule has 0 fully saturated rings. The van der Waals surface area contributed by atoms with Crippen LogP contribution in [0.25, 0.3) is 10.9 Å². The topological polar surface area (TPSA) is 75.1 Å². The van der Waals surface area contributed by atoms with Crippen molar-refractivity contribution in [3.63, 3.8) is 0 Å². The summed E-state index contributed by atoms with van der Waals surface area (Å²) in [5, 5.41) is 5.34. The summed E-state index contributed by atoms with van der Waals surface area (Å²) in [5.41, 5.74) is 6.53. The minimum Gasteiger partial charge on any atom is -0.347 e. The minimum atomic E-state index is -0.202. The lowest BCUT2D eigenvalue weighted by Gasteiger charge is -2.00. The molecular formula is C16H17N5O. The number of nitrogens with one attached hydrogen (secondary N) is 2. The molecule has 0 aliphatic heterocycles. The van der Waals surface area contributed by atoms with Crippen LogP contribution in [0.4, 0.5) is 5.95 Å². The van der Waals surface area contributed by atoms with Crippen LogP contribution in [0.3, 0.4) is 0 Å². The highest BCUT2D eigenvalue weighted by Crippen LogP contribution is 2.23. The summed E-state index contributed by atoms with van der Waals surface area (Å²) >= 11 is 0. The number of fused-ring (bicyclic) bond motifs is 1. The molecule has 0 aliphatic carbocycles. The molecule has 3 rings (SSSR count). The lowest BCUT2D eigenvalue weighted by Crippen LogP contribution is -2.10. The number of aromatic nitrogens is 3. The number of aromatic amines is 1. The fourth-order valence-electron chi connectivity index (χ4n) is 2.50. The first-order valence-corrected chi connectivity index (χ1v) is 6.97. The van der Waals surface area contributed by atoms with Crippen molar-refractivity contribution < 1.29 is 0 Å². The van der Waals surface area contributed by atoms with Gasteiger partial charge in [0, 0.05) is 41.0 Å². The molecule has 2 aromatic heterocycles. The number of hydrazone groups is 1. The van der Waals surface area contributed by atoms with E-state index in [-0.39, 0.29) is 5.56 Å². The molecule has 0 bridgehead atoms. The number of rotatable bonds is 3. The molecule has 6 nitrogen and oxygen atoms in total. The second kappa shape index (κ2) is 5.48. The van der Waals surface area contributed by atoms with Crippen LogP contribution in [0.5, 0.6) is 0 Å². The summed E-state index contributed by atoms with van der Waals surface area (Å²) < 4.78 is 2.13. The molecule has 2 heterocycles. The van der Waals surface area contributed by atoms with Crippen molar-refractivity contribution in [3.05, 3.63) is 57.6 Å². The van der Waals surface area contributed by atoms with Crippen molar-refractivity contribution in [2.24, 2.45) is 12.1 Å². The van der Waals surface area contributed by atoms with Crippen molar-refractivity contribution >= 4 is 23.1 Å². The minimum absolute atomic E-state index is 0.202. The van der Waals surface area contributed by atoms with Gasteiger partial charge in [-0.1, -0.05) is 18.2 Å². The van der Waals surface area contributed by atoms with Crippen LogP contribution in [-0.2, 0) is 7.05 Å². The fraction of sp³-hybridized carbons (Fsp3) is 0.188. The number of benzene rings is 1. The number of hydrogen-bond donors (Lipinski definition) is 2. The van der Waals surface area contributed by atoms with E-state index in [9.17, 15) is 4.79 Å². The van der Waals surface area contributed by atoms with Gasteiger partial charge < -0.3 is 4.57 Å². The third-order valence-corrected chi connectivity index (χ3v) is 3.68. The molecule has 0 saturated carbocycles. The molecule has 1 aromatic carbocycles. The molecule has 0 spiro atoms. The van der Waals surface area contributed by atoms with Gasteiger partial charge >= 0.3 is 0 Å². The molecule has 0 atom stereocenters. The smallest absolute Gasteiger partial charge is 0.252 e. The summed E-state index contributed by atoms with van der Waals surface area (Å²) in [6, 6.07) is 9.60. The van der Waals surface area contributed by atoms with Crippen LogP contribution in [0.2, 0.25) is 0 Å². The number of para-hydroxylation sites is 1. The second-order valence-electron chi connectivity index (χ2n) is 5.18. The fourth-order valence-corrected chi connectivity index (χ4v) is 2.50. The monoisotopic (exact) mass is 295 g/mol. The van der Waals surface area contributed by atoms with Gasteiger partial charge in [0.05, 0.1) is 6.21 Å². The zero-order valence-electron chi connectivity index (χ0n) is 12.7. The van der Waals surface area contributed by atoms with E-state index in [1.807, 2.05) is 26.1 Å². The maximum absolute atomic E-state index is 11.4. The standard InChI is InChI=1S/C16H17N5O/c1-10-8-15(22)19-16(18-10)20-17-9-13-11(2)21(3)14-7-5-4-6-12(13)14/h4-9H,1-3H3,(H2,18,19,20,22). The van der Waals surface area contributed by atoms with E-state index in [2.05, 4.69) is 37.2 Å². The summed E-state index contributed by atoms with van der Waals surface area (Å²) in [7, 11) is 2.03. The Bertz CT molecular complexity index is 920. The van der Waals surface area contributed by atoms with Gasteiger partial charge in [-0.15, -0.1) is 0 Å². The Balaban J connectivity index is 1.93. The van der Waals surface area contributed by atoms with Gasteiger partial charge in [-0.2, -0.15) is 5.10 Å². The first kappa shape index (κ1) is 14.1. The molecule has 0 saturated heterocycles. The van der Waals surface area contributed by atoms with Gasteiger partial charge in [0.2, 0.25) is 5.95 Å². The Labute approximate surface area is 127 Å². The van der Waals surface area contributed by atoms with Crippen LogP contribution in [0.1, 0.15) is 17.0 Å². The van der Waals surface area contributed by atoms with E-state index in [0.717, 1.165) is 22.2 Å². The van der Waals surface area contributed by atoms with Crippen LogP contribution in [0, 0.1) is 13.8 Å². The quantitative estimate of drug-likeness (QED) is 0.575. The zero-order chi connectivity index (χ0) is 15.7. The number of hydrogen-bond acceptors (Lipinski definition) is 4. The first-order chi connectivity index (χ1) is 10.6. The molecule has 0 radical (unpaired) electrons. The third-order valence-electron chi connectivity index (χ3n) is 3.68. The van der Waals surface area contributed by atoms with Crippen LogP contribution >= 0.6 is 0 Å². The van der Waals surface area contributed by atoms with E-state index < -0.39 is 0 Å². The van der Waals surface area contributed by atoms with E-state index in [1.165, 1.54) is 6.07 Å². The summed E-state index contributed by atoms with van der Waals surface area (Å²) in [4.78, 5) is 18.1. The normalized spacial score (nSPS) is 11.4. The van der Waals surface area contributed by atoms with Gasteiger partial charge in [0.1, 0.15) is 0 Å². The summed E-state index contributed by atoms with van der Waals surface area (Å²) in [6.45, 7) is 3.81. The predicted molar refractivity (Wildman–Crippen MR) is 88.5 cm³/mol. The Morgan fingerprint density at radius 3 is 2.86 bits per heavy atom. The van der Waals surface area contributed by atoms with Gasteiger partial charge in [-0.05, 0) is 19.9 Å². The number of nitrogens with zero attached hydrogens (tertiary/aromatic N) is 3. The van der Waals surface area contributed by atoms with Gasteiger partial charge in [0.15, 0.2) is 0 Å². The van der Waals surface area contributed by atoms with Crippen molar-refractivity contribution in [1.82, 2.24) is 14.5 Å². The lowest BCUT2D eigenvalue weighted by atomic mass is 10.1.